The lowest BCUT2D eigenvalue weighted by molar-refractivity contribution is 0.303. The minimum atomic E-state index is 0.760. The molecule has 0 aromatic carbocycles. The Bertz CT molecular complexity index is 262. The maximum absolute atomic E-state index is 3.54. The Labute approximate surface area is 91.9 Å². The third kappa shape index (κ3) is 3.36. The number of aromatic amines is 1. The molecule has 1 unspecified atom stereocenters. The van der Waals surface area contributed by atoms with Gasteiger partial charge in [0, 0.05) is 24.5 Å². The molecule has 3 heteroatoms. The lowest BCUT2D eigenvalue weighted by Crippen LogP contribution is -2.28. The SMILES string of the molecule is CN(CCC1CCCN1)Cc1ccc[nH]1. The maximum atomic E-state index is 3.54. The van der Waals surface area contributed by atoms with Gasteiger partial charge in [0.25, 0.3) is 0 Å². The second-order valence-electron chi connectivity index (χ2n) is 4.52. The standard InChI is InChI=1S/C12H21N3/c1-15(10-12-5-3-8-14-12)9-6-11-4-2-7-13-11/h3,5,8,11,13-14H,2,4,6-7,9-10H2,1H3. The average molecular weight is 207 g/mol. The van der Waals surface area contributed by atoms with E-state index in [0.717, 1.165) is 12.6 Å². The predicted molar refractivity (Wildman–Crippen MR) is 62.8 cm³/mol. The molecule has 0 radical (unpaired) electrons. The summed E-state index contributed by atoms with van der Waals surface area (Å²) in [5.41, 5.74) is 1.30. The Morgan fingerprint density at radius 1 is 1.53 bits per heavy atom. The largest absolute Gasteiger partial charge is 0.364 e. The van der Waals surface area contributed by atoms with Crippen LogP contribution < -0.4 is 5.32 Å². The molecule has 84 valence electrons. The van der Waals surface area contributed by atoms with Gasteiger partial charge in [0.15, 0.2) is 0 Å². The third-order valence-electron chi connectivity index (χ3n) is 3.12. The summed E-state index contributed by atoms with van der Waals surface area (Å²) in [6.45, 7) is 3.42. The van der Waals surface area contributed by atoms with Gasteiger partial charge in [0.05, 0.1) is 0 Å². The van der Waals surface area contributed by atoms with Crippen molar-refractivity contribution in [1.82, 2.24) is 15.2 Å². The summed E-state index contributed by atoms with van der Waals surface area (Å²) in [6, 6.07) is 4.96. The Morgan fingerprint density at radius 3 is 3.13 bits per heavy atom. The lowest BCUT2D eigenvalue weighted by atomic mass is 10.1. The number of aromatic nitrogens is 1. The number of H-pyrrole nitrogens is 1. The van der Waals surface area contributed by atoms with Crippen molar-refractivity contribution < 1.29 is 0 Å². The first-order valence-electron chi connectivity index (χ1n) is 5.89. The molecule has 2 N–H and O–H groups in total. The van der Waals surface area contributed by atoms with Crippen molar-refractivity contribution in [3.8, 4) is 0 Å². The van der Waals surface area contributed by atoms with Crippen LogP contribution in [0, 0.1) is 0 Å². The summed E-state index contributed by atoms with van der Waals surface area (Å²) in [5.74, 6) is 0. The second-order valence-corrected chi connectivity index (χ2v) is 4.52. The Kier molecular flexibility index (Phi) is 3.80. The van der Waals surface area contributed by atoms with Crippen LogP contribution in [0.25, 0.3) is 0 Å². The first-order chi connectivity index (χ1) is 7.34. The zero-order valence-corrected chi connectivity index (χ0v) is 9.50. The van der Waals surface area contributed by atoms with Crippen LogP contribution in [0.4, 0.5) is 0 Å². The fourth-order valence-electron chi connectivity index (χ4n) is 2.22. The van der Waals surface area contributed by atoms with E-state index in [1.807, 2.05) is 6.20 Å². The molecule has 1 aromatic rings. The molecule has 0 amide bonds. The Balaban J connectivity index is 1.66. The summed E-state index contributed by atoms with van der Waals surface area (Å²) in [7, 11) is 2.19. The van der Waals surface area contributed by atoms with E-state index in [1.54, 1.807) is 0 Å². The van der Waals surface area contributed by atoms with Gasteiger partial charge in [-0.15, -0.1) is 0 Å². The van der Waals surface area contributed by atoms with Crippen molar-refractivity contribution >= 4 is 0 Å². The third-order valence-corrected chi connectivity index (χ3v) is 3.12. The van der Waals surface area contributed by atoms with Crippen LogP contribution in [-0.2, 0) is 6.54 Å². The van der Waals surface area contributed by atoms with Gasteiger partial charge in [-0.1, -0.05) is 0 Å². The van der Waals surface area contributed by atoms with Crippen molar-refractivity contribution in [3.05, 3.63) is 24.0 Å². The Morgan fingerprint density at radius 2 is 2.47 bits per heavy atom. The average Bonchev–Trinajstić information content (AvgIpc) is 2.86. The topological polar surface area (TPSA) is 31.1 Å². The van der Waals surface area contributed by atoms with Gasteiger partial charge in [-0.05, 0) is 51.5 Å². The van der Waals surface area contributed by atoms with Crippen molar-refractivity contribution in [2.75, 3.05) is 20.1 Å². The minimum Gasteiger partial charge on any atom is -0.364 e. The molecular weight excluding hydrogens is 186 g/mol. The van der Waals surface area contributed by atoms with E-state index in [4.69, 9.17) is 0 Å². The molecule has 0 spiro atoms. The molecule has 1 fully saturated rings. The van der Waals surface area contributed by atoms with E-state index < -0.39 is 0 Å². The Hall–Kier alpha value is -0.800. The highest BCUT2D eigenvalue weighted by Crippen LogP contribution is 2.09. The molecule has 2 rings (SSSR count). The molecule has 1 aliphatic rings. The normalized spacial score (nSPS) is 21.3. The second kappa shape index (κ2) is 5.33. The number of rotatable bonds is 5. The van der Waals surface area contributed by atoms with Crippen LogP contribution in [0.2, 0.25) is 0 Å². The molecule has 1 aromatic heterocycles. The highest BCUT2D eigenvalue weighted by atomic mass is 15.1. The van der Waals surface area contributed by atoms with Gasteiger partial charge < -0.3 is 15.2 Å². The number of nitrogens with zero attached hydrogens (tertiary/aromatic N) is 1. The molecule has 1 saturated heterocycles. The summed E-state index contributed by atoms with van der Waals surface area (Å²) in [6.07, 6.45) is 5.97. The molecule has 15 heavy (non-hydrogen) atoms. The van der Waals surface area contributed by atoms with E-state index >= 15 is 0 Å². The molecule has 1 aliphatic heterocycles. The summed E-state index contributed by atoms with van der Waals surface area (Å²) >= 11 is 0. The molecular formula is C12H21N3. The maximum Gasteiger partial charge on any atom is 0.0382 e. The molecule has 3 nitrogen and oxygen atoms in total. The van der Waals surface area contributed by atoms with Crippen LogP contribution in [0.1, 0.15) is 25.0 Å². The van der Waals surface area contributed by atoms with Crippen LogP contribution in [0.3, 0.4) is 0 Å². The van der Waals surface area contributed by atoms with Crippen LogP contribution >= 0.6 is 0 Å². The van der Waals surface area contributed by atoms with Gasteiger partial charge in [0.2, 0.25) is 0 Å². The summed E-state index contributed by atoms with van der Waals surface area (Å²) in [5, 5.41) is 3.54. The van der Waals surface area contributed by atoms with Crippen LogP contribution in [-0.4, -0.2) is 36.1 Å². The van der Waals surface area contributed by atoms with Crippen LogP contribution in [0.5, 0.6) is 0 Å². The fourth-order valence-corrected chi connectivity index (χ4v) is 2.22. The van der Waals surface area contributed by atoms with E-state index in [0.29, 0.717) is 0 Å². The van der Waals surface area contributed by atoms with E-state index in [1.165, 1.54) is 38.0 Å². The van der Waals surface area contributed by atoms with E-state index in [-0.39, 0.29) is 0 Å². The van der Waals surface area contributed by atoms with Crippen molar-refractivity contribution in [1.29, 1.82) is 0 Å². The molecule has 0 saturated carbocycles. The van der Waals surface area contributed by atoms with Gasteiger partial charge in [-0.3, -0.25) is 0 Å². The van der Waals surface area contributed by atoms with Crippen LogP contribution in [0.15, 0.2) is 18.3 Å². The quantitative estimate of drug-likeness (QED) is 0.768. The zero-order chi connectivity index (χ0) is 10.5. The highest BCUT2D eigenvalue weighted by Gasteiger charge is 2.14. The van der Waals surface area contributed by atoms with Crippen molar-refractivity contribution in [3.63, 3.8) is 0 Å². The predicted octanol–water partition coefficient (Wildman–Crippen LogP) is 1.59. The highest BCUT2D eigenvalue weighted by molar-refractivity contribution is 5.03. The first kappa shape index (κ1) is 10.7. The van der Waals surface area contributed by atoms with Gasteiger partial charge in [0.1, 0.15) is 0 Å². The first-order valence-corrected chi connectivity index (χ1v) is 5.89. The van der Waals surface area contributed by atoms with Gasteiger partial charge in [-0.2, -0.15) is 0 Å². The number of nitrogens with one attached hydrogen (secondary N) is 2. The molecule has 2 heterocycles. The molecule has 1 atom stereocenters. The van der Waals surface area contributed by atoms with E-state index in [2.05, 4.69) is 34.4 Å². The van der Waals surface area contributed by atoms with Gasteiger partial charge >= 0.3 is 0 Å². The van der Waals surface area contributed by atoms with Crippen molar-refractivity contribution in [2.45, 2.75) is 31.8 Å². The monoisotopic (exact) mass is 207 g/mol. The summed E-state index contributed by atoms with van der Waals surface area (Å²) in [4.78, 5) is 5.62. The number of hydrogen-bond donors (Lipinski definition) is 2. The minimum absolute atomic E-state index is 0.760. The van der Waals surface area contributed by atoms with Gasteiger partial charge in [-0.25, -0.2) is 0 Å². The zero-order valence-electron chi connectivity index (χ0n) is 9.50. The smallest absolute Gasteiger partial charge is 0.0382 e. The molecule has 0 aliphatic carbocycles. The summed E-state index contributed by atoms with van der Waals surface area (Å²) < 4.78 is 0. The van der Waals surface area contributed by atoms with Crippen molar-refractivity contribution in [2.24, 2.45) is 0 Å². The lowest BCUT2D eigenvalue weighted by Gasteiger charge is -2.18. The number of hydrogen-bond acceptors (Lipinski definition) is 2. The fraction of sp³-hybridized carbons (Fsp3) is 0.667. The van der Waals surface area contributed by atoms with E-state index in [9.17, 15) is 0 Å². The molecule has 0 bridgehead atoms.